The number of rotatable bonds is 4. The van der Waals surface area contributed by atoms with Gasteiger partial charge in [-0.3, -0.25) is 0 Å². The molecule has 0 aliphatic carbocycles. The molecule has 0 radical (unpaired) electrons. The molecule has 0 fully saturated rings. The van der Waals surface area contributed by atoms with Gasteiger partial charge in [-0.1, -0.05) is 26.8 Å². The van der Waals surface area contributed by atoms with Gasteiger partial charge in [0, 0.05) is 6.07 Å². The molecule has 1 atom stereocenters. The Bertz CT molecular complexity index is 318. The van der Waals surface area contributed by atoms with Crippen molar-refractivity contribution in [1.82, 2.24) is 0 Å². The number of aromatic hydroxyl groups is 1. The van der Waals surface area contributed by atoms with Crippen molar-refractivity contribution in [3.8, 4) is 11.5 Å². The van der Waals surface area contributed by atoms with E-state index < -0.39 is 0 Å². The Labute approximate surface area is 91.9 Å². The number of hydrogen-bond acceptors (Lipinski definition) is 2. The lowest BCUT2D eigenvalue weighted by atomic mass is 9.86. The maximum Gasteiger partial charge on any atom is 0.122 e. The Morgan fingerprint density at radius 1 is 1.33 bits per heavy atom. The third-order valence-corrected chi connectivity index (χ3v) is 2.88. The highest BCUT2D eigenvalue weighted by molar-refractivity contribution is 5.41. The van der Waals surface area contributed by atoms with Crippen LogP contribution in [0.4, 0.5) is 0 Å². The molecule has 1 N–H and O–H groups in total. The van der Waals surface area contributed by atoms with E-state index in [1.54, 1.807) is 13.2 Å². The van der Waals surface area contributed by atoms with Crippen LogP contribution in [0.3, 0.4) is 0 Å². The molecule has 84 valence electrons. The van der Waals surface area contributed by atoms with Crippen LogP contribution in [0.2, 0.25) is 0 Å². The Morgan fingerprint density at radius 2 is 2.00 bits per heavy atom. The highest BCUT2D eigenvalue weighted by atomic mass is 16.5. The van der Waals surface area contributed by atoms with Crippen LogP contribution in [0.25, 0.3) is 0 Å². The molecule has 2 nitrogen and oxygen atoms in total. The lowest BCUT2D eigenvalue weighted by Gasteiger charge is -2.20. The van der Waals surface area contributed by atoms with Crippen LogP contribution in [-0.4, -0.2) is 12.2 Å². The molecule has 0 bridgehead atoms. The Balaban J connectivity index is 3.03. The van der Waals surface area contributed by atoms with Crippen molar-refractivity contribution in [3.05, 3.63) is 23.8 Å². The molecule has 0 saturated heterocycles. The SMILES string of the molecule is CCC(c1ccc(OC)cc1O)C(C)C. The average molecular weight is 208 g/mol. The monoisotopic (exact) mass is 208 g/mol. The van der Waals surface area contributed by atoms with Gasteiger partial charge >= 0.3 is 0 Å². The van der Waals surface area contributed by atoms with E-state index in [0.717, 1.165) is 12.0 Å². The zero-order chi connectivity index (χ0) is 11.4. The Hall–Kier alpha value is -1.18. The second kappa shape index (κ2) is 5.06. The van der Waals surface area contributed by atoms with Crippen LogP contribution in [0.1, 0.15) is 38.7 Å². The Morgan fingerprint density at radius 3 is 2.40 bits per heavy atom. The van der Waals surface area contributed by atoms with Gasteiger partial charge in [0.25, 0.3) is 0 Å². The molecule has 0 aliphatic rings. The first kappa shape index (κ1) is 11.9. The predicted octanol–water partition coefficient (Wildman–Crippen LogP) is 3.55. The lowest BCUT2D eigenvalue weighted by molar-refractivity contribution is 0.399. The van der Waals surface area contributed by atoms with Crippen LogP contribution >= 0.6 is 0 Å². The number of methoxy groups -OCH3 is 1. The van der Waals surface area contributed by atoms with Gasteiger partial charge in [-0.25, -0.2) is 0 Å². The zero-order valence-electron chi connectivity index (χ0n) is 9.95. The molecule has 0 saturated carbocycles. The minimum Gasteiger partial charge on any atom is -0.508 e. The second-order valence-corrected chi connectivity index (χ2v) is 4.18. The fourth-order valence-electron chi connectivity index (χ4n) is 2.01. The number of hydrogen-bond donors (Lipinski definition) is 1. The minimum atomic E-state index is 0.342. The van der Waals surface area contributed by atoms with Gasteiger partial charge in [-0.15, -0.1) is 0 Å². The molecule has 0 amide bonds. The fourth-order valence-corrected chi connectivity index (χ4v) is 2.01. The van der Waals surface area contributed by atoms with Gasteiger partial charge in [-0.05, 0) is 29.9 Å². The third kappa shape index (κ3) is 2.65. The summed E-state index contributed by atoms with van der Waals surface area (Å²) in [4.78, 5) is 0. The van der Waals surface area contributed by atoms with Crippen LogP contribution in [0, 0.1) is 5.92 Å². The first-order valence-electron chi connectivity index (χ1n) is 5.47. The zero-order valence-corrected chi connectivity index (χ0v) is 9.95. The second-order valence-electron chi connectivity index (χ2n) is 4.18. The summed E-state index contributed by atoms with van der Waals surface area (Å²) in [6, 6.07) is 5.54. The molecule has 1 aromatic rings. The summed E-state index contributed by atoms with van der Waals surface area (Å²) in [7, 11) is 1.61. The summed E-state index contributed by atoms with van der Waals surface area (Å²) in [5.74, 6) is 2.00. The van der Waals surface area contributed by atoms with Crippen molar-refractivity contribution >= 4 is 0 Å². The fraction of sp³-hybridized carbons (Fsp3) is 0.538. The summed E-state index contributed by atoms with van der Waals surface area (Å²) >= 11 is 0. The molecule has 0 aromatic heterocycles. The van der Waals surface area contributed by atoms with Gasteiger partial charge in [0.05, 0.1) is 7.11 Å². The van der Waals surface area contributed by atoms with Gasteiger partial charge in [-0.2, -0.15) is 0 Å². The van der Waals surface area contributed by atoms with E-state index in [0.29, 0.717) is 23.3 Å². The first-order chi connectivity index (χ1) is 7.10. The normalized spacial score (nSPS) is 12.9. The summed E-state index contributed by atoms with van der Waals surface area (Å²) < 4.78 is 5.06. The maximum atomic E-state index is 9.89. The highest BCUT2D eigenvalue weighted by Gasteiger charge is 2.17. The summed E-state index contributed by atoms with van der Waals surface area (Å²) in [6.45, 7) is 6.50. The van der Waals surface area contributed by atoms with E-state index in [1.807, 2.05) is 12.1 Å². The number of benzene rings is 1. The van der Waals surface area contributed by atoms with Crippen molar-refractivity contribution in [3.63, 3.8) is 0 Å². The summed E-state index contributed by atoms with van der Waals surface area (Å²) in [5.41, 5.74) is 1.02. The minimum absolute atomic E-state index is 0.342. The topological polar surface area (TPSA) is 29.5 Å². The number of phenolic OH excluding ortho intramolecular Hbond substituents is 1. The number of ether oxygens (including phenoxy) is 1. The van der Waals surface area contributed by atoms with Crippen LogP contribution in [0.15, 0.2) is 18.2 Å². The van der Waals surface area contributed by atoms with Gasteiger partial charge < -0.3 is 9.84 Å². The molecule has 1 unspecified atom stereocenters. The van der Waals surface area contributed by atoms with Crippen molar-refractivity contribution in [2.45, 2.75) is 33.1 Å². The molecule has 0 heterocycles. The molecule has 2 heteroatoms. The van der Waals surface area contributed by atoms with E-state index in [4.69, 9.17) is 4.74 Å². The van der Waals surface area contributed by atoms with Crippen molar-refractivity contribution in [2.24, 2.45) is 5.92 Å². The highest BCUT2D eigenvalue weighted by Crippen LogP contribution is 2.35. The molecule has 15 heavy (non-hydrogen) atoms. The maximum absolute atomic E-state index is 9.89. The van der Waals surface area contributed by atoms with Crippen LogP contribution < -0.4 is 4.74 Å². The van der Waals surface area contributed by atoms with Gasteiger partial charge in [0.15, 0.2) is 0 Å². The van der Waals surface area contributed by atoms with Gasteiger partial charge in [0.2, 0.25) is 0 Å². The van der Waals surface area contributed by atoms with Gasteiger partial charge in [0.1, 0.15) is 11.5 Å². The number of phenols is 1. The molecule has 0 spiro atoms. The predicted molar refractivity (Wildman–Crippen MR) is 62.5 cm³/mol. The molecule has 1 rings (SSSR count). The standard InChI is InChI=1S/C13H20O2/c1-5-11(9(2)3)12-7-6-10(15-4)8-13(12)14/h6-9,11,14H,5H2,1-4H3. The molecular weight excluding hydrogens is 188 g/mol. The van der Waals surface area contributed by atoms with E-state index in [-0.39, 0.29) is 0 Å². The quantitative estimate of drug-likeness (QED) is 0.820. The largest absolute Gasteiger partial charge is 0.508 e. The van der Waals surface area contributed by atoms with Crippen LogP contribution in [0.5, 0.6) is 11.5 Å². The molecular formula is C13H20O2. The third-order valence-electron chi connectivity index (χ3n) is 2.88. The van der Waals surface area contributed by atoms with E-state index in [2.05, 4.69) is 20.8 Å². The van der Waals surface area contributed by atoms with E-state index in [9.17, 15) is 5.11 Å². The lowest BCUT2D eigenvalue weighted by Crippen LogP contribution is -2.05. The van der Waals surface area contributed by atoms with E-state index in [1.165, 1.54) is 0 Å². The average Bonchev–Trinajstić information content (AvgIpc) is 2.20. The van der Waals surface area contributed by atoms with Crippen LogP contribution in [-0.2, 0) is 0 Å². The van der Waals surface area contributed by atoms with Crippen molar-refractivity contribution in [1.29, 1.82) is 0 Å². The molecule has 0 aliphatic heterocycles. The van der Waals surface area contributed by atoms with E-state index >= 15 is 0 Å². The molecule has 1 aromatic carbocycles. The summed E-state index contributed by atoms with van der Waals surface area (Å²) in [6.07, 6.45) is 1.04. The smallest absolute Gasteiger partial charge is 0.122 e. The Kier molecular flexibility index (Phi) is 4.01. The first-order valence-corrected chi connectivity index (χ1v) is 5.47. The van der Waals surface area contributed by atoms with Crippen molar-refractivity contribution in [2.75, 3.05) is 7.11 Å². The van der Waals surface area contributed by atoms with Crippen molar-refractivity contribution < 1.29 is 9.84 Å². The summed E-state index contributed by atoms with van der Waals surface area (Å²) in [5, 5.41) is 9.89.